The summed E-state index contributed by atoms with van der Waals surface area (Å²) in [5, 5.41) is 3.45. The van der Waals surface area contributed by atoms with Crippen LogP contribution in [0.25, 0.3) is 0 Å². The van der Waals surface area contributed by atoms with Gasteiger partial charge in [0.1, 0.15) is 0 Å². The van der Waals surface area contributed by atoms with E-state index in [1.807, 2.05) is 5.51 Å². The molecule has 3 nitrogen and oxygen atoms in total. The van der Waals surface area contributed by atoms with Crippen LogP contribution in [0, 0.1) is 6.92 Å². The lowest BCUT2D eigenvalue weighted by atomic mass is 10.2. The second kappa shape index (κ2) is 10.4. The molecule has 0 fully saturated rings. The molecule has 0 atom stereocenters. The van der Waals surface area contributed by atoms with Gasteiger partial charge in [0.2, 0.25) is 0 Å². The molecule has 0 aliphatic carbocycles. The molecular weight excluding hydrogens is 254 g/mol. The molecule has 0 saturated carbocycles. The van der Waals surface area contributed by atoms with E-state index < -0.39 is 0 Å². The Balaban J connectivity index is 1.96. The molecule has 0 spiro atoms. The van der Waals surface area contributed by atoms with Crippen LogP contribution in [0.1, 0.15) is 49.6 Å². The summed E-state index contributed by atoms with van der Waals surface area (Å²) in [6.45, 7) is 8.91. The van der Waals surface area contributed by atoms with Crippen LogP contribution in [-0.2, 0) is 6.54 Å². The lowest BCUT2D eigenvalue weighted by Gasteiger charge is -2.15. The maximum atomic E-state index is 4.30. The third-order valence-corrected chi connectivity index (χ3v) is 4.25. The van der Waals surface area contributed by atoms with Crippen molar-refractivity contribution in [1.82, 2.24) is 15.2 Å². The molecule has 4 heteroatoms. The van der Waals surface area contributed by atoms with Crippen molar-refractivity contribution in [2.75, 3.05) is 26.7 Å². The summed E-state index contributed by atoms with van der Waals surface area (Å²) < 4.78 is 0. The topological polar surface area (TPSA) is 28.2 Å². The maximum Gasteiger partial charge on any atom is 0.0798 e. The maximum absolute atomic E-state index is 4.30. The van der Waals surface area contributed by atoms with Crippen molar-refractivity contribution in [3.63, 3.8) is 0 Å². The van der Waals surface area contributed by atoms with Crippen LogP contribution < -0.4 is 5.32 Å². The molecule has 0 saturated heterocycles. The van der Waals surface area contributed by atoms with Crippen LogP contribution in [0.5, 0.6) is 0 Å². The van der Waals surface area contributed by atoms with Gasteiger partial charge in [-0.25, -0.2) is 4.98 Å². The van der Waals surface area contributed by atoms with E-state index in [1.54, 1.807) is 11.3 Å². The lowest BCUT2D eigenvalue weighted by Crippen LogP contribution is -2.19. The first-order valence-electron chi connectivity index (χ1n) is 7.52. The number of hydrogen-bond acceptors (Lipinski definition) is 4. The van der Waals surface area contributed by atoms with Crippen LogP contribution in [0.2, 0.25) is 0 Å². The Kier molecular flexibility index (Phi) is 9.05. The molecule has 1 heterocycles. The van der Waals surface area contributed by atoms with Gasteiger partial charge < -0.3 is 10.2 Å². The molecule has 0 unspecified atom stereocenters. The van der Waals surface area contributed by atoms with Gasteiger partial charge in [0, 0.05) is 11.4 Å². The summed E-state index contributed by atoms with van der Waals surface area (Å²) in [5.41, 5.74) is 3.14. The zero-order valence-corrected chi connectivity index (χ0v) is 13.6. The zero-order chi connectivity index (χ0) is 13.9. The van der Waals surface area contributed by atoms with Crippen LogP contribution >= 0.6 is 11.3 Å². The minimum Gasteiger partial charge on any atom is -0.317 e. The molecule has 0 aliphatic heterocycles. The number of nitrogens with one attached hydrogen (secondary N) is 1. The largest absolute Gasteiger partial charge is 0.317 e. The number of aryl methyl sites for hydroxylation is 1. The molecule has 19 heavy (non-hydrogen) atoms. The Morgan fingerprint density at radius 3 is 2.68 bits per heavy atom. The standard InChI is InChI=1S/C15H29N3S/c1-4-9-16-10-7-5-6-8-11-18(3)12-15-14(2)17-13-19-15/h13,16H,4-12H2,1-3H3. The van der Waals surface area contributed by atoms with Gasteiger partial charge >= 0.3 is 0 Å². The van der Waals surface area contributed by atoms with Crippen molar-refractivity contribution < 1.29 is 0 Å². The quantitative estimate of drug-likeness (QED) is 0.631. The molecule has 1 rings (SSSR count). The van der Waals surface area contributed by atoms with E-state index in [1.165, 1.54) is 55.8 Å². The van der Waals surface area contributed by atoms with Crippen molar-refractivity contribution >= 4 is 11.3 Å². The average molecular weight is 283 g/mol. The van der Waals surface area contributed by atoms with Gasteiger partial charge in [0.05, 0.1) is 11.2 Å². The fourth-order valence-corrected chi connectivity index (χ4v) is 2.95. The first-order chi connectivity index (χ1) is 9.24. The van der Waals surface area contributed by atoms with Crippen molar-refractivity contribution in [3.05, 3.63) is 16.1 Å². The van der Waals surface area contributed by atoms with Gasteiger partial charge in [0.25, 0.3) is 0 Å². The Morgan fingerprint density at radius 1 is 1.21 bits per heavy atom. The Hall–Kier alpha value is -0.450. The first-order valence-corrected chi connectivity index (χ1v) is 8.40. The van der Waals surface area contributed by atoms with Gasteiger partial charge in [-0.15, -0.1) is 11.3 Å². The summed E-state index contributed by atoms with van der Waals surface area (Å²) >= 11 is 1.77. The van der Waals surface area contributed by atoms with E-state index in [0.717, 1.165) is 13.1 Å². The predicted molar refractivity (Wildman–Crippen MR) is 84.8 cm³/mol. The highest BCUT2D eigenvalue weighted by Crippen LogP contribution is 2.14. The number of aromatic nitrogens is 1. The van der Waals surface area contributed by atoms with E-state index in [-0.39, 0.29) is 0 Å². The van der Waals surface area contributed by atoms with Crippen LogP contribution in [0.3, 0.4) is 0 Å². The van der Waals surface area contributed by atoms with Crippen molar-refractivity contribution in [3.8, 4) is 0 Å². The highest BCUT2D eigenvalue weighted by atomic mass is 32.1. The third kappa shape index (κ3) is 7.65. The van der Waals surface area contributed by atoms with E-state index >= 15 is 0 Å². The van der Waals surface area contributed by atoms with Crippen molar-refractivity contribution in [2.45, 2.75) is 52.5 Å². The Bertz CT molecular complexity index is 325. The minimum absolute atomic E-state index is 1.05. The smallest absolute Gasteiger partial charge is 0.0798 e. The molecule has 0 radical (unpaired) electrons. The fourth-order valence-electron chi connectivity index (χ4n) is 2.09. The second-order valence-corrected chi connectivity index (χ2v) is 6.20. The fraction of sp³-hybridized carbons (Fsp3) is 0.800. The number of unbranched alkanes of at least 4 members (excludes halogenated alkanes) is 3. The average Bonchev–Trinajstić information content (AvgIpc) is 2.78. The number of nitrogens with zero attached hydrogens (tertiary/aromatic N) is 2. The van der Waals surface area contributed by atoms with Crippen molar-refractivity contribution in [2.24, 2.45) is 0 Å². The van der Waals surface area contributed by atoms with Crippen molar-refractivity contribution in [1.29, 1.82) is 0 Å². The number of rotatable bonds is 11. The van der Waals surface area contributed by atoms with E-state index in [4.69, 9.17) is 0 Å². The molecule has 110 valence electrons. The predicted octanol–water partition coefficient (Wildman–Crippen LogP) is 3.44. The summed E-state index contributed by atoms with van der Waals surface area (Å²) in [6, 6.07) is 0. The summed E-state index contributed by atoms with van der Waals surface area (Å²) in [5.74, 6) is 0. The van der Waals surface area contributed by atoms with Crippen LogP contribution in [-0.4, -0.2) is 36.6 Å². The first kappa shape index (κ1) is 16.6. The monoisotopic (exact) mass is 283 g/mol. The number of thiazole rings is 1. The molecule has 0 aliphatic rings. The highest BCUT2D eigenvalue weighted by Gasteiger charge is 2.05. The molecule has 0 aromatic carbocycles. The van der Waals surface area contributed by atoms with Crippen LogP contribution in [0.15, 0.2) is 5.51 Å². The summed E-state index contributed by atoms with van der Waals surface area (Å²) in [7, 11) is 2.21. The van der Waals surface area contributed by atoms with Gasteiger partial charge in [-0.2, -0.15) is 0 Å². The number of hydrogen-bond donors (Lipinski definition) is 1. The molecule has 1 aromatic heterocycles. The van der Waals surface area contributed by atoms with Crippen LogP contribution in [0.4, 0.5) is 0 Å². The van der Waals surface area contributed by atoms with E-state index in [9.17, 15) is 0 Å². The zero-order valence-electron chi connectivity index (χ0n) is 12.7. The Morgan fingerprint density at radius 2 is 2.00 bits per heavy atom. The van der Waals surface area contributed by atoms with Gasteiger partial charge in [-0.05, 0) is 52.9 Å². The third-order valence-electron chi connectivity index (χ3n) is 3.33. The molecule has 0 bridgehead atoms. The molecular formula is C15H29N3S. The molecule has 1 aromatic rings. The van der Waals surface area contributed by atoms with E-state index in [0.29, 0.717) is 0 Å². The second-order valence-electron chi connectivity index (χ2n) is 5.26. The summed E-state index contributed by atoms with van der Waals surface area (Å²) in [6.07, 6.45) is 6.56. The normalized spacial score (nSPS) is 11.4. The minimum atomic E-state index is 1.05. The Labute approximate surface area is 122 Å². The van der Waals surface area contributed by atoms with Gasteiger partial charge in [-0.1, -0.05) is 19.8 Å². The van der Waals surface area contributed by atoms with Gasteiger partial charge in [-0.3, -0.25) is 0 Å². The van der Waals surface area contributed by atoms with Gasteiger partial charge in [0.15, 0.2) is 0 Å². The summed E-state index contributed by atoms with van der Waals surface area (Å²) in [4.78, 5) is 8.12. The highest BCUT2D eigenvalue weighted by molar-refractivity contribution is 7.09. The SMILES string of the molecule is CCCNCCCCCCN(C)Cc1scnc1C. The lowest BCUT2D eigenvalue weighted by molar-refractivity contribution is 0.318. The molecule has 1 N–H and O–H groups in total. The van der Waals surface area contributed by atoms with E-state index in [2.05, 4.69) is 36.1 Å². The molecule has 0 amide bonds.